The Hall–Kier alpha value is -1.46. The monoisotopic (exact) mass is 294 g/mol. The van der Waals surface area contributed by atoms with Gasteiger partial charge in [0.25, 0.3) is 0 Å². The van der Waals surface area contributed by atoms with Crippen LogP contribution in [0.2, 0.25) is 0 Å². The highest BCUT2D eigenvalue weighted by molar-refractivity contribution is 5.77. The van der Waals surface area contributed by atoms with Gasteiger partial charge < -0.3 is 15.7 Å². The van der Waals surface area contributed by atoms with E-state index >= 15 is 0 Å². The normalized spacial score (nSPS) is 27.1. The summed E-state index contributed by atoms with van der Waals surface area (Å²) in [4.78, 5) is 12.1. The Bertz CT molecular complexity index is 485. The Morgan fingerprint density at radius 1 is 1.52 bits per heavy atom. The Labute approximate surface area is 124 Å². The van der Waals surface area contributed by atoms with Crippen molar-refractivity contribution in [1.29, 1.82) is 0 Å². The smallest absolute Gasteiger partial charge is 0.223 e. The summed E-state index contributed by atoms with van der Waals surface area (Å²) in [5.74, 6) is -0.221. The first-order chi connectivity index (χ1) is 9.97. The van der Waals surface area contributed by atoms with Gasteiger partial charge in [-0.25, -0.2) is 4.39 Å². The highest BCUT2D eigenvalue weighted by atomic mass is 19.1. The van der Waals surface area contributed by atoms with E-state index < -0.39 is 11.9 Å². The Morgan fingerprint density at radius 2 is 2.29 bits per heavy atom. The molecule has 5 heteroatoms. The third kappa shape index (κ3) is 4.25. The molecule has 0 aliphatic carbocycles. The van der Waals surface area contributed by atoms with E-state index in [9.17, 15) is 14.3 Å². The molecule has 0 radical (unpaired) electrons. The molecule has 1 aliphatic heterocycles. The van der Waals surface area contributed by atoms with Crippen molar-refractivity contribution >= 4 is 5.91 Å². The maximum Gasteiger partial charge on any atom is 0.223 e. The zero-order chi connectivity index (χ0) is 15.4. The highest BCUT2D eigenvalue weighted by Crippen LogP contribution is 2.19. The first kappa shape index (κ1) is 15.9. The van der Waals surface area contributed by atoms with E-state index in [-0.39, 0.29) is 24.4 Å². The van der Waals surface area contributed by atoms with Crippen LogP contribution < -0.4 is 10.6 Å². The maximum atomic E-state index is 13.1. The molecule has 4 atom stereocenters. The van der Waals surface area contributed by atoms with Gasteiger partial charge in [-0.3, -0.25) is 4.79 Å². The molecule has 1 fully saturated rings. The van der Waals surface area contributed by atoms with Gasteiger partial charge in [0, 0.05) is 12.1 Å². The van der Waals surface area contributed by atoms with Gasteiger partial charge in [-0.1, -0.05) is 19.1 Å². The predicted octanol–water partition coefficient (Wildman–Crippen LogP) is 1.75. The lowest BCUT2D eigenvalue weighted by molar-refractivity contribution is -0.124. The van der Waals surface area contributed by atoms with Gasteiger partial charge in [0.15, 0.2) is 0 Å². The van der Waals surface area contributed by atoms with Crippen LogP contribution in [0.3, 0.4) is 0 Å². The van der Waals surface area contributed by atoms with Gasteiger partial charge in [0.1, 0.15) is 5.82 Å². The minimum absolute atomic E-state index is 0.0562. The molecule has 21 heavy (non-hydrogen) atoms. The van der Waals surface area contributed by atoms with Gasteiger partial charge in [0.2, 0.25) is 5.91 Å². The van der Waals surface area contributed by atoms with Crippen LogP contribution in [0.1, 0.15) is 38.4 Å². The van der Waals surface area contributed by atoms with Gasteiger partial charge in [-0.2, -0.15) is 0 Å². The van der Waals surface area contributed by atoms with Crippen LogP contribution in [0.5, 0.6) is 0 Å². The molecule has 116 valence electrons. The first-order valence-electron chi connectivity index (χ1n) is 7.43. The van der Waals surface area contributed by atoms with Crippen LogP contribution >= 0.6 is 0 Å². The number of carbonyl (C=O) groups excluding carboxylic acids is 1. The average Bonchev–Trinajstić information content (AvgIpc) is 2.43. The van der Waals surface area contributed by atoms with Crippen LogP contribution in [0.25, 0.3) is 0 Å². The van der Waals surface area contributed by atoms with Crippen molar-refractivity contribution in [2.45, 2.75) is 44.9 Å². The molecule has 0 spiro atoms. The molecule has 1 aromatic rings. The molecule has 0 saturated carbocycles. The van der Waals surface area contributed by atoms with Gasteiger partial charge in [-0.15, -0.1) is 0 Å². The lowest BCUT2D eigenvalue weighted by Crippen LogP contribution is -2.56. The van der Waals surface area contributed by atoms with Gasteiger partial charge >= 0.3 is 0 Å². The summed E-state index contributed by atoms with van der Waals surface area (Å²) < 4.78 is 13.1. The molecular weight excluding hydrogens is 271 g/mol. The van der Waals surface area contributed by atoms with Crippen LogP contribution in [0.4, 0.5) is 4.39 Å². The lowest BCUT2D eigenvalue weighted by Gasteiger charge is -2.36. The van der Waals surface area contributed by atoms with Crippen LogP contribution in [-0.2, 0) is 4.79 Å². The van der Waals surface area contributed by atoms with E-state index in [0.29, 0.717) is 11.5 Å². The second kappa shape index (κ2) is 7.00. The maximum absolute atomic E-state index is 13.1. The summed E-state index contributed by atoms with van der Waals surface area (Å²) in [5.41, 5.74) is 0.424. The number of aliphatic hydroxyl groups is 1. The Balaban J connectivity index is 1.92. The number of hydrogen-bond donors (Lipinski definition) is 3. The highest BCUT2D eigenvalue weighted by Gasteiger charge is 2.29. The number of amides is 1. The van der Waals surface area contributed by atoms with Crippen LogP contribution in [0.15, 0.2) is 24.3 Å². The molecule has 2 rings (SSSR count). The second-order valence-corrected chi connectivity index (χ2v) is 5.88. The fraction of sp³-hybridized carbons (Fsp3) is 0.562. The van der Waals surface area contributed by atoms with E-state index in [4.69, 9.17) is 0 Å². The molecule has 1 amide bonds. The van der Waals surface area contributed by atoms with Crippen molar-refractivity contribution in [2.24, 2.45) is 5.92 Å². The molecule has 0 aromatic heterocycles. The molecule has 1 saturated heterocycles. The molecule has 3 N–H and O–H groups in total. The summed E-state index contributed by atoms with van der Waals surface area (Å²) in [6.07, 6.45) is -0.0240. The fourth-order valence-corrected chi connectivity index (χ4v) is 2.86. The number of hydrogen-bond acceptors (Lipinski definition) is 3. The number of aliphatic hydroxyl groups excluding tert-OH is 1. The molecule has 0 bridgehead atoms. The van der Waals surface area contributed by atoms with Gasteiger partial charge in [0.05, 0.1) is 12.5 Å². The average molecular weight is 294 g/mol. The molecular formula is C16H23FN2O2. The zero-order valence-electron chi connectivity index (χ0n) is 12.5. The fourth-order valence-electron chi connectivity index (χ4n) is 2.86. The van der Waals surface area contributed by atoms with E-state index in [1.165, 1.54) is 18.2 Å². The van der Waals surface area contributed by atoms with Crippen molar-refractivity contribution in [3.63, 3.8) is 0 Å². The quantitative estimate of drug-likeness (QED) is 0.793. The topological polar surface area (TPSA) is 61.4 Å². The van der Waals surface area contributed by atoms with E-state index in [0.717, 1.165) is 13.0 Å². The molecule has 1 heterocycles. The number of carbonyl (C=O) groups is 1. The van der Waals surface area contributed by atoms with Gasteiger partial charge in [-0.05, 0) is 43.5 Å². The lowest BCUT2D eigenvalue weighted by atomic mass is 9.89. The number of halogens is 1. The van der Waals surface area contributed by atoms with E-state index in [1.54, 1.807) is 6.07 Å². The van der Waals surface area contributed by atoms with Crippen molar-refractivity contribution in [3.05, 3.63) is 35.6 Å². The minimum Gasteiger partial charge on any atom is -0.388 e. The predicted molar refractivity (Wildman–Crippen MR) is 79.2 cm³/mol. The van der Waals surface area contributed by atoms with Crippen LogP contribution in [0, 0.1) is 11.7 Å². The summed E-state index contributed by atoms with van der Waals surface area (Å²) >= 11 is 0. The summed E-state index contributed by atoms with van der Waals surface area (Å²) in [6, 6.07) is 5.99. The number of benzene rings is 1. The molecule has 4 nitrogen and oxygen atoms in total. The zero-order valence-corrected chi connectivity index (χ0v) is 12.5. The Kier molecular flexibility index (Phi) is 5.31. The standard InChI is InChI=1S/C16H23FN2O2/c1-10-6-7-18-11(2)16(10)19-15(21)9-14(20)12-4-3-5-13(17)8-12/h3-5,8,10-11,14,16,18,20H,6-7,9H2,1-2H3,(H,19,21)/t10-,11-,14-,16-/m1/s1. The van der Waals surface area contributed by atoms with E-state index in [1.807, 2.05) is 6.92 Å². The SMILES string of the molecule is C[C@@H]1CCN[C@H](C)[C@@H]1NC(=O)C[C@@H](O)c1cccc(F)c1. The largest absolute Gasteiger partial charge is 0.388 e. The number of rotatable bonds is 4. The van der Waals surface area contributed by atoms with E-state index in [2.05, 4.69) is 17.6 Å². The Morgan fingerprint density at radius 3 is 2.95 bits per heavy atom. The molecule has 0 unspecified atom stereocenters. The number of nitrogens with one attached hydrogen (secondary N) is 2. The third-order valence-electron chi connectivity index (χ3n) is 4.16. The minimum atomic E-state index is -0.983. The van der Waals surface area contributed by atoms with Crippen molar-refractivity contribution in [2.75, 3.05) is 6.54 Å². The van der Waals surface area contributed by atoms with Crippen molar-refractivity contribution in [3.8, 4) is 0 Å². The molecule has 1 aromatic carbocycles. The third-order valence-corrected chi connectivity index (χ3v) is 4.16. The summed E-state index contributed by atoms with van der Waals surface area (Å²) in [5, 5.41) is 16.3. The molecule has 1 aliphatic rings. The summed E-state index contributed by atoms with van der Waals surface area (Å²) in [7, 11) is 0. The van der Waals surface area contributed by atoms with Crippen LogP contribution in [-0.4, -0.2) is 29.6 Å². The van der Waals surface area contributed by atoms with Crippen molar-refractivity contribution < 1.29 is 14.3 Å². The number of piperidine rings is 1. The first-order valence-corrected chi connectivity index (χ1v) is 7.43. The second-order valence-electron chi connectivity index (χ2n) is 5.88. The van der Waals surface area contributed by atoms with Crippen molar-refractivity contribution in [1.82, 2.24) is 10.6 Å². The summed E-state index contributed by atoms with van der Waals surface area (Å²) in [6.45, 7) is 5.12.